The maximum Gasteiger partial charge on any atom is 0.108 e. The van der Waals surface area contributed by atoms with E-state index in [9.17, 15) is 0 Å². The molecule has 0 amide bonds. The minimum absolute atomic E-state index is 0.554. The van der Waals surface area contributed by atoms with Crippen molar-refractivity contribution in [3.8, 4) is 0 Å². The van der Waals surface area contributed by atoms with Gasteiger partial charge in [0.2, 0.25) is 0 Å². The van der Waals surface area contributed by atoms with Crippen LogP contribution in [-0.4, -0.2) is 22.1 Å². The summed E-state index contributed by atoms with van der Waals surface area (Å²) in [5.74, 6) is 0. The monoisotopic (exact) mass is 281 g/mol. The molecule has 20 heavy (non-hydrogen) atoms. The van der Waals surface area contributed by atoms with E-state index in [1.165, 1.54) is 64.2 Å². The van der Waals surface area contributed by atoms with Crippen molar-refractivity contribution in [3.05, 3.63) is 11.9 Å². The second-order valence-electron chi connectivity index (χ2n) is 5.59. The predicted octanol–water partition coefficient (Wildman–Crippen LogP) is 4.35. The Labute approximate surface area is 123 Å². The van der Waals surface area contributed by atoms with Gasteiger partial charge in [-0.1, -0.05) is 69.9 Å². The van der Waals surface area contributed by atoms with Crippen LogP contribution in [0.3, 0.4) is 0 Å². The largest absolute Gasteiger partial charge is 0.378 e. The van der Waals surface area contributed by atoms with Crippen LogP contribution < -0.4 is 0 Å². The molecule has 1 heterocycles. The quantitative estimate of drug-likeness (QED) is 0.505. The van der Waals surface area contributed by atoms with Crippen LogP contribution in [0, 0.1) is 0 Å². The minimum atomic E-state index is 0.554. The molecule has 116 valence electrons. The maximum absolute atomic E-state index is 5.03. The highest BCUT2D eigenvalue weighted by Crippen LogP contribution is 2.10. The number of hydrogen-bond donors (Lipinski definition) is 0. The van der Waals surface area contributed by atoms with E-state index in [2.05, 4.69) is 17.2 Å². The van der Waals surface area contributed by atoms with Gasteiger partial charge < -0.3 is 4.74 Å². The molecule has 1 rings (SSSR count). The van der Waals surface area contributed by atoms with Crippen LogP contribution >= 0.6 is 0 Å². The summed E-state index contributed by atoms with van der Waals surface area (Å²) in [6.07, 6.45) is 15.6. The second kappa shape index (κ2) is 11.9. The van der Waals surface area contributed by atoms with Crippen molar-refractivity contribution in [2.75, 3.05) is 7.11 Å². The highest BCUT2D eigenvalue weighted by atomic mass is 16.5. The summed E-state index contributed by atoms with van der Waals surface area (Å²) in [7, 11) is 1.68. The van der Waals surface area contributed by atoms with Crippen LogP contribution in [0.4, 0.5) is 0 Å². The molecule has 0 aliphatic heterocycles. The van der Waals surface area contributed by atoms with Gasteiger partial charge >= 0.3 is 0 Å². The Kier molecular flexibility index (Phi) is 10.2. The molecule has 0 fully saturated rings. The first-order chi connectivity index (χ1) is 9.86. The topological polar surface area (TPSA) is 39.9 Å². The van der Waals surface area contributed by atoms with Crippen LogP contribution in [0.5, 0.6) is 0 Å². The van der Waals surface area contributed by atoms with Crippen LogP contribution in [0.15, 0.2) is 6.20 Å². The van der Waals surface area contributed by atoms with Gasteiger partial charge in [-0.05, 0) is 6.42 Å². The van der Waals surface area contributed by atoms with E-state index in [0.717, 1.165) is 12.2 Å². The Morgan fingerprint density at radius 2 is 1.55 bits per heavy atom. The summed E-state index contributed by atoms with van der Waals surface area (Å²) in [4.78, 5) is 0. The highest BCUT2D eigenvalue weighted by Gasteiger charge is 1.99. The van der Waals surface area contributed by atoms with E-state index >= 15 is 0 Å². The molecule has 0 bridgehead atoms. The van der Waals surface area contributed by atoms with Crippen molar-refractivity contribution < 1.29 is 4.74 Å². The lowest BCUT2D eigenvalue weighted by molar-refractivity contribution is 0.181. The lowest BCUT2D eigenvalue weighted by Crippen LogP contribution is -1.98. The SMILES string of the molecule is CCCCCCCCCCCCn1cc(COC)nn1. The summed E-state index contributed by atoms with van der Waals surface area (Å²) in [6, 6.07) is 0. The van der Waals surface area contributed by atoms with E-state index in [4.69, 9.17) is 4.74 Å². The molecule has 0 aliphatic rings. The van der Waals surface area contributed by atoms with Gasteiger partial charge in [-0.25, -0.2) is 0 Å². The van der Waals surface area contributed by atoms with Gasteiger partial charge in [-0.2, -0.15) is 0 Å². The molecule has 1 aromatic heterocycles. The fourth-order valence-electron chi connectivity index (χ4n) is 2.42. The average molecular weight is 281 g/mol. The van der Waals surface area contributed by atoms with E-state index in [-0.39, 0.29) is 0 Å². The smallest absolute Gasteiger partial charge is 0.108 e. The molecule has 0 saturated heterocycles. The number of nitrogens with zero attached hydrogens (tertiary/aromatic N) is 3. The standard InChI is InChI=1S/C16H31N3O/c1-3-4-5-6-7-8-9-10-11-12-13-19-14-16(15-20-2)17-18-19/h14H,3-13,15H2,1-2H3. The molecular weight excluding hydrogens is 250 g/mol. The molecule has 0 spiro atoms. The Hall–Kier alpha value is -0.900. The fourth-order valence-corrected chi connectivity index (χ4v) is 2.42. The van der Waals surface area contributed by atoms with E-state index in [1.807, 2.05) is 10.9 Å². The van der Waals surface area contributed by atoms with E-state index < -0.39 is 0 Å². The molecular formula is C16H31N3O. The van der Waals surface area contributed by atoms with Gasteiger partial charge in [0, 0.05) is 13.7 Å². The van der Waals surface area contributed by atoms with Gasteiger partial charge in [0.25, 0.3) is 0 Å². The summed E-state index contributed by atoms with van der Waals surface area (Å²) in [6.45, 7) is 3.80. The van der Waals surface area contributed by atoms with Crippen molar-refractivity contribution in [3.63, 3.8) is 0 Å². The predicted molar refractivity (Wildman–Crippen MR) is 82.6 cm³/mol. The van der Waals surface area contributed by atoms with Crippen molar-refractivity contribution in [1.82, 2.24) is 15.0 Å². The van der Waals surface area contributed by atoms with Crippen LogP contribution in [0.2, 0.25) is 0 Å². The van der Waals surface area contributed by atoms with Crippen molar-refractivity contribution in [2.45, 2.75) is 84.3 Å². The number of hydrogen-bond acceptors (Lipinski definition) is 3. The molecule has 0 radical (unpaired) electrons. The Morgan fingerprint density at radius 3 is 2.15 bits per heavy atom. The molecule has 1 aromatic rings. The number of methoxy groups -OCH3 is 1. The molecule has 0 atom stereocenters. The van der Waals surface area contributed by atoms with Crippen LogP contribution in [0.25, 0.3) is 0 Å². The second-order valence-corrected chi connectivity index (χ2v) is 5.59. The van der Waals surface area contributed by atoms with Gasteiger partial charge in [-0.3, -0.25) is 4.68 Å². The number of aromatic nitrogens is 3. The molecule has 0 aliphatic carbocycles. The number of ether oxygens (including phenoxy) is 1. The minimum Gasteiger partial charge on any atom is -0.378 e. The summed E-state index contributed by atoms with van der Waals surface area (Å²) >= 11 is 0. The molecule has 0 aromatic carbocycles. The third-order valence-electron chi connectivity index (χ3n) is 3.62. The van der Waals surface area contributed by atoms with Crippen molar-refractivity contribution in [2.24, 2.45) is 0 Å². The first-order valence-electron chi connectivity index (χ1n) is 8.24. The van der Waals surface area contributed by atoms with Gasteiger partial charge in [-0.15, -0.1) is 5.10 Å². The Balaban J connectivity index is 1.89. The third kappa shape index (κ3) is 8.31. The number of aryl methyl sites for hydroxylation is 1. The Bertz CT molecular complexity index is 325. The number of unbranched alkanes of at least 4 members (excludes halogenated alkanes) is 9. The van der Waals surface area contributed by atoms with Crippen molar-refractivity contribution >= 4 is 0 Å². The lowest BCUT2D eigenvalue weighted by atomic mass is 10.1. The average Bonchev–Trinajstić information content (AvgIpc) is 2.89. The first kappa shape index (κ1) is 17.2. The van der Waals surface area contributed by atoms with Gasteiger partial charge in [0.05, 0.1) is 12.8 Å². The summed E-state index contributed by atoms with van der Waals surface area (Å²) in [5.41, 5.74) is 0.916. The molecule has 0 unspecified atom stereocenters. The number of rotatable bonds is 13. The molecule has 0 N–H and O–H groups in total. The summed E-state index contributed by atoms with van der Waals surface area (Å²) in [5, 5.41) is 8.15. The van der Waals surface area contributed by atoms with Gasteiger partial charge in [0.15, 0.2) is 0 Å². The zero-order valence-electron chi connectivity index (χ0n) is 13.3. The third-order valence-corrected chi connectivity index (χ3v) is 3.62. The van der Waals surface area contributed by atoms with E-state index in [0.29, 0.717) is 6.61 Å². The molecule has 0 saturated carbocycles. The van der Waals surface area contributed by atoms with Crippen LogP contribution in [0.1, 0.15) is 76.8 Å². The highest BCUT2D eigenvalue weighted by molar-refractivity contribution is 4.89. The van der Waals surface area contributed by atoms with Gasteiger partial charge in [0.1, 0.15) is 5.69 Å². The normalized spacial score (nSPS) is 11.1. The maximum atomic E-state index is 5.03. The Morgan fingerprint density at radius 1 is 0.950 bits per heavy atom. The fraction of sp³-hybridized carbons (Fsp3) is 0.875. The van der Waals surface area contributed by atoms with Crippen LogP contribution in [-0.2, 0) is 17.9 Å². The van der Waals surface area contributed by atoms with Crippen molar-refractivity contribution in [1.29, 1.82) is 0 Å². The molecule has 4 nitrogen and oxygen atoms in total. The van der Waals surface area contributed by atoms with E-state index in [1.54, 1.807) is 7.11 Å². The molecule has 4 heteroatoms. The lowest BCUT2D eigenvalue weighted by Gasteiger charge is -2.02. The zero-order chi connectivity index (χ0) is 14.5. The first-order valence-corrected chi connectivity index (χ1v) is 8.24. The zero-order valence-corrected chi connectivity index (χ0v) is 13.3. The summed E-state index contributed by atoms with van der Waals surface area (Å²) < 4.78 is 6.96.